The Labute approximate surface area is 163 Å². The van der Waals surface area contributed by atoms with Gasteiger partial charge in [-0.3, -0.25) is 4.79 Å². The number of hydrogen-bond acceptors (Lipinski definition) is 5. The molecule has 0 aliphatic heterocycles. The van der Waals surface area contributed by atoms with E-state index in [9.17, 15) is 4.79 Å². The molecular formula is C22H23N3O3. The lowest BCUT2D eigenvalue weighted by Gasteiger charge is -2.20. The minimum Gasteiger partial charge on any atom is -0.484 e. The Morgan fingerprint density at radius 3 is 2.68 bits per heavy atom. The number of aryl methyl sites for hydroxylation is 2. The van der Waals surface area contributed by atoms with Gasteiger partial charge in [0.05, 0.1) is 6.04 Å². The summed E-state index contributed by atoms with van der Waals surface area (Å²) < 4.78 is 10.7. The average Bonchev–Trinajstić information content (AvgIpc) is 3.27. The van der Waals surface area contributed by atoms with Gasteiger partial charge in [0.2, 0.25) is 12.3 Å². The second kappa shape index (κ2) is 8.25. The van der Waals surface area contributed by atoms with E-state index in [0.717, 1.165) is 24.0 Å². The fraction of sp³-hybridized carbons (Fsp3) is 0.318. The highest BCUT2D eigenvalue weighted by Crippen LogP contribution is 2.25. The van der Waals surface area contributed by atoms with Crippen LogP contribution in [-0.2, 0) is 17.6 Å². The van der Waals surface area contributed by atoms with Crippen LogP contribution in [0.4, 0.5) is 0 Å². The van der Waals surface area contributed by atoms with Crippen molar-refractivity contribution in [3.05, 3.63) is 65.5 Å². The number of carbonyl (C=O) groups excluding carboxylic acids is 1. The van der Waals surface area contributed by atoms with E-state index in [1.165, 1.54) is 30.4 Å². The van der Waals surface area contributed by atoms with Gasteiger partial charge in [-0.2, -0.15) is 0 Å². The van der Waals surface area contributed by atoms with Crippen LogP contribution in [0.2, 0.25) is 0 Å². The van der Waals surface area contributed by atoms with Crippen molar-refractivity contribution < 1.29 is 13.9 Å². The van der Waals surface area contributed by atoms with Crippen LogP contribution in [0.3, 0.4) is 0 Å². The summed E-state index contributed by atoms with van der Waals surface area (Å²) in [6.45, 7) is 1.97. The Morgan fingerprint density at radius 1 is 1.14 bits per heavy atom. The van der Waals surface area contributed by atoms with E-state index in [1.54, 1.807) is 12.1 Å². The van der Waals surface area contributed by atoms with Crippen molar-refractivity contribution in [2.45, 2.75) is 38.6 Å². The standard InChI is InChI=1S/C22H23N3O3/c1-15(18-7-6-16-4-2-3-5-19(16)12-18)24-21(26)13-27-20-10-8-17(9-11-20)22-25-23-14-28-22/h6-12,14-15H,2-5,13H2,1H3,(H,24,26)/t15-/m0/s1. The van der Waals surface area contributed by atoms with Crippen LogP contribution in [0.5, 0.6) is 5.75 Å². The van der Waals surface area contributed by atoms with Crippen molar-refractivity contribution in [1.29, 1.82) is 0 Å². The van der Waals surface area contributed by atoms with Gasteiger partial charge in [-0.1, -0.05) is 18.2 Å². The van der Waals surface area contributed by atoms with Gasteiger partial charge in [0.15, 0.2) is 6.61 Å². The van der Waals surface area contributed by atoms with E-state index >= 15 is 0 Å². The molecular weight excluding hydrogens is 354 g/mol. The molecule has 1 N–H and O–H groups in total. The lowest BCUT2D eigenvalue weighted by molar-refractivity contribution is -0.123. The van der Waals surface area contributed by atoms with Crippen LogP contribution in [-0.4, -0.2) is 22.7 Å². The number of fused-ring (bicyclic) bond motifs is 1. The van der Waals surface area contributed by atoms with Gasteiger partial charge < -0.3 is 14.5 Å². The molecule has 6 heteroatoms. The highest BCUT2D eigenvalue weighted by Gasteiger charge is 2.14. The summed E-state index contributed by atoms with van der Waals surface area (Å²) in [4.78, 5) is 12.3. The summed E-state index contributed by atoms with van der Waals surface area (Å²) in [5.41, 5.74) is 4.80. The molecule has 3 aromatic rings. The van der Waals surface area contributed by atoms with E-state index in [2.05, 4.69) is 33.7 Å². The van der Waals surface area contributed by atoms with E-state index in [-0.39, 0.29) is 18.6 Å². The first kappa shape index (κ1) is 18.2. The smallest absolute Gasteiger partial charge is 0.258 e. The molecule has 4 rings (SSSR count). The number of ether oxygens (including phenoxy) is 1. The molecule has 144 valence electrons. The predicted octanol–water partition coefficient (Wildman–Crippen LogP) is 3.87. The van der Waals surface area contributed by atoms with Gasteiger partial charge in [-0.25, -0.2) is 0 Å². The molecule has 0 spiro atoms. The highest BCUT2D eigenvalue weighted by atomic mass is 16.5. The molecule has 0 saturated heterocycles. The summed E-state index contributed by atoms with van der Waals surface area (Å²) in [6.07, 6.45) is 6.10. The molecule has 0 saturated carbocycles. The Kier molecular flexibility index (Phi) is 5.37. The molecule has 1 amide bonds. The number of benzene rings is 2. The fourth-order valence-electron chi connectivity index (χ4n) is 3.53. The van der Waals surface area contributed by atoms with Crippen LogP contribution in [0.25, 0.3) is 11.5 Å². The number of hydrogen-bond donors (Lipinski definition) is 1. The Morgan fingerprint density at radius 2 is 1.93 bits per heavy atom. The van der Waals surface area contributed by atoms with Gasteiger partial charge in [0.1, 0.15) is 5.75 Å². The third-order valence-corrected chi connectivity index (χ3v) is 5.08. The maximum Gasteiger partial charge on any atom is 0.258 e. The molecule has 28 heavy (non-hydrogen) atoms. The zero-order chi connectivity index (χ0) is 19.3. The third kappa shape index (κ3) is 4.22. The topological polar surface area (TPSA) is 77.2 Å². The molecule has 1 aromatic heterocycles. The first-order valence-corrected chi connectivity index (χ1v) is 9.59. The molecule has 1 aliphatic rings. The molecule has 0 fully saturated rings. The minimum atomic E-state index is -0.147. The van der Waals surface area contributed by atoms with Crippen molar-refractivity contribution >= 4 is 5.91 Å². The van der Waals surface area contributed by atoms with Crippen LogP contribution < -0.4 is 10.1 Å². The number of nitrogens with one attached hydrogen (secondary N) is 1. The van der Waals surface area contributed by atoms with Crippen molar-refractivity contribution in [3.8, 4) is 17.2 Å². The molecule has 0 unspecified atom stereocenters. The van der Waals surface area contributed by atoms with Crippen LogP contribution in [0, 0.1) is 0 Å². The Hall–Kier alpha value is -3.15. The lowest BCUT2D eigenvalue weighted by atomic mass is 9.89. The SMILES string of the molecule is C[C@H](NC(=O)COc1ccc(-c2nnco2)cc1)c1ccc2c(c1)CCCC2. The first-order chi connectivity index (χ1) is 13.7. The highest BCUT2D eigenvalue weighted by molar-refractivity contribution is 5.78. The Bertz CT molecular complexity index is 936. The second-order valence-corrected chi connectivity index (χ2v) is 7.08. The normalized spacial score (nSPS) is 14.2. The number of carbonyl (C=O) groups is 1. The molecule has 0 bridgehead atoms. The van der Waals surface area contributed by atoms with Gasteiger partial charge in [-0.15, -0.1) is 10.2 Å². The van der Waals surface area contributed by atoms with Gasteiger partial charge in [-0.05, 0) is 73.6 Å². The lowest BCUT2D eigenvalue weighted by Crippen LogP contribution is -2.31. The van der Waals surface area contributed by atoms with Crippen molar-refractivity contribution in [3.63, 3.8) is 0 Å². The van der Waals surface area contributed by atoms with E-state index in [0.29, 0.717) is 11.6 Å². The van der Waals surface area contributed by atoms with E-state index < -0.39 is 0 Å². The molecule has 1 heterocycles. The number of aromatic nitrogens is 2. The zero-order valence-corrected chi connectivity index (χ0v) is 15.9. The number of amides is 1. The maximum atomic E-state index is 12.3. The minimum absolute atomic E-state index is 0.0326. The maximum absolute atomic E-state index is 12.3. The molecule has 2 aromatic carbocycles. The summed E-state index contributed by atoms with van der Waals surface area (Å²) in [6, 6.07) is 13.7. The summed E-state index contributed by atoms with van der Waals surface area (Å²) >= 11 is 0. The number of nitrogens with zero attached hydrogens (tertiary/aromatic N) is 2. The zero-order valence-electron chi connectivity index (χ0n) is 15.9. The Balaban J connectivity index is 1.30. The van der Waals surface area contributed by atoms with Crippen LogP contribution in [0.1, 0.15) is 42.5 Å². The van der Waals surface area contributed by atoms with E-state index in [4.69, 9.17) is 9.15 Å². The van der Waals surface area contributed by atoms with Gasteiger partial charge >= 0.3 is 0 Å². The van der Waals surface area contributed by atoms with Crippen LogP contribution >= 0.6 is 0 Å². The molecule has 6 nitrogen and oxygen atoms in total. The van der Waals surface area contributed by atoms with Crippen molar-refractivity contribution in [2.75, 3.05) is 6.61 Å². The van der Waals surface area contributed by atoms with Crippen molar-refractivity contribution in [1.82, 2.24) is 15.5 Å². The van der Waals surface area contributed by atoms with E-state index in [1.807, 2.05) is 19.1 Å². The quantitative estimate of drug-likeness (QED) is 0.706. The predicted molar refractivity (Wildman–Crippen MR) is 105 cm³/mol. The third-order valence-electron chi connectivity index (χ3n) is 5.08. The van der Waals surface area contributed by atoms with Crippen LogP contribution in [0.15, 0.2) is 53.3 Å². The summed E-state index contributed by atoms with van der Waals surface area (Å²) in [5.74, 6) is 0.911. The van der Waals surface area contributed by atoms with Gasteiger partial charge in [0, 0.05) is 5.56 Å². The summed E-state index contributed by atoms with van der Waals surface area (Å²) in [7, 11) is 0. The molecule has 1 aliphatic carbocycles. The van der Waals surface area contributed by atoms with Gasteiger partial charge in [0.25, 0.3) is 5.91 Å². The largest absolute Gasteiger partial charge is 0.484 e. The van der Waals surface area contributed by atoms with Crippen molar-refractivity contribution in [2.24, 2.45) is 0 Å². The molecule has 0 radical (unpaired) electrons. The summed E-state index contributed by atoms with van der Waals surface area (Å²) in [5, 5.41) is 10.5. The average molecular weight is 377 g/mol. The monoisotopic (exact) mass is 377 g/mol. The first-order valence-electron chi connectivity index (χ1n) is 9.59. The second-order valence-electron chi connectivity index (χ2n) is 7.08. The molecule has 1 atom stereocenters. The number of rotatable bonds is 6. The fourth-order valence-corrected chi connectivity index (χ4v) is 3.53.